The number of carbonyl (C=O) groups is 1. The zero-order valence-corrected chi connectivity index (χ0v) is 18.3. The van der Waals surface area contributed by atoms with Crippen molar-refractivity contribution in [2.75, 3.05) is 11.0 Å². The Kier molecular flexibility index (Phi) is 6.04. The number of nitrogens with one attached hydrogen (secondary N) is 2. The number of benzene rings is 2. The van der Waals surface area contributed by atoms with Gasteiger partial charge in [-0.3, -0.25) is 19.9 Å². The van der Waals surface area contributed by atoms with Crippen LogP contribution in [0.15, 0.2) is 73.1 Å². The SMILES string of the molecule is CS(=O)(=O)Nc1ccc(C#Cc2ccc(-c3cc(C(=O)NN)c4cnccc4n3)cc2)cc1. The maximum Gasteiger partial charge on any atom is 0.265 e. The number of nitrogen functional groups attached to an aromatic ring is 1. The second kappa shape index (κ2) is 9.08. The number of fused-ring (bicyclic) bond motifs is 1. The number of hydrogen-bond donors (Lipinski definition) is 3. The standard InChI is InChI=1S/C24H19N5O3S/c1-33(31,32)29-19-10-6-17(7-11-19)3-2-16-4-8-18(9-5-16)23-14-20(24(30)28-25)21-15-26-13-12-22(21)27-23/h4-15,29H,25H2,1H3,(H,28,30). The first-order chi connectivity index (χ1) is 15.8. The number of pyridine rings is 2. The van der Waals surface area contributed by atoms with Gasteiger partial charge in [0.1, 0.15) is 0 Å². The third-order valence-electron chi connectivity index (χ3n) is 4.71. The molecule has 0 bridgehead atoms. The lowest BCUT2D eigenvalue weighted by Crippen LogP contribution is -2.30. The molecular weight excluding hydrogens is 438 g/mol. The number of amides is 1. The minimum atomic E-state index is -3.32. The highest BCUT2D eigenvalue weighted by Crippen LogP contribution is 2.24. The first kappa shape index (κ1) is 22.0. The van der Waals surface area contributed by atoms with Crippen molar-refractivity contribution in [2.45, 2.75) is 0 Å². The molecule has 0 saturated carbocycles. The number of hydrogen-bond acceptors (Lipinski definition) is 6. The van der Waals surface area contributed by atoms with Gasteiger partial charge in [-0.05, 0) is 48.5 Å². The second-order valence-electron chi connectivity index (χ2n) is 7.20. The van der Waals surface area contributed by atoms with Gasteiger partial charge in [-0.15, -0.1) is 0 Å². The van der Waals surface area contributed by atoms with Gasteiger partial charge in [-0.1, -0.05) is 24.0 Å². The zero-order valence-electron chi connectivity index (χ0n) is 17.5. The van der Waals surface area contributed by atoms with Gasteiger partial charge in [0.05, 0.1) is 23.0 Å². The van der Waals surface area contributed by atoms with E-state index in [0.29, 0.717) is 27.8 Å². The maximum atomic E-state index is 12.2. The van der Waals surface area contributed by atoms with Crippen LogP contribution < -0.4 is 16.0 Å². The summed E-state index contributed by atoms with van der Waals surface area (Å²) in [7, 11) is -3.32. The predicted octanol–water partition coefficient (Wildman–Crippen LogP) is 2.67. The van der Waals surface area contributed by atoms with E-state index < -0.39 is 15.9 Å². The summed E-state index contributed by atoms with van der Waals surface area (Å²) < 4.78 is 25.0. The van der Waals surface area contributed by atoms with Crippen LogP contribution in [0.1, 0.15) is 21.5 Å². The molecule has 2 heterocycles. The van der Waals surface area contributed by atoms with Crippen LogP contribution in [-0.4, -0.2) is 30.5 Å². The number of carbonyl (C=O) groups excluding carboxylic acids is 1. The highest BCUT2D eigenvalue weighted by Gasteiger charge is 2.13. The minimum absolute atomic E-state index is 0.392. The van der Waals surface area contributed by atoms with Crippen LogP contribution in [0.25, 0.3) is 22.2 Å². The molecule has 4 rings (SSSR count). The van der Waals surface area contributed by atoms with Gasteiger partial charge in [0.2, 0.25) is 10.0 Å². The van der Waals surface area contributed by atoms with Crippen LogP contribution in [-0.2, 0) is 10.0 Å². The lowest BCUT2D eigenvalue weighted by Gasteiger charge is -2.08. The van der Waals surface area contributed by atoms with Gasteiger partial charge in [0.15, 0.2) is 0 Å². The molecule has 0 saturated heterocycles. The number of hydrazine groups is 1. The first-order valence-electron chi connectivity index (χ1n) is 9.78. The average molecular weight is 458 g/mol. The monoisotopic (exact) mass is 457 g/mol. The largest absolute Gasteiger partial charge is 0.290 e. The number of nitrogens with zero attached hydrogens (tertiary/aromatic N) is 2. The Labute approximate surface area is 190 Å². The second-order valence-corrected chi connectivity index (χ2v) is 8.95. The third-order valence-corrected chi connectivity index (χ3v) is 5.31. The van der Waals surface area contributed by atoms with Crippen molar-refractivity contribution >= 4 is 32.5 Å². The summed E-state index contributed by atoms with van der Waals surface area (Å²) >= 11 is 0. The van der Waals surface area contributed by atoms with E-state index in [4.69, 9.17) is 5.84 Å². The molecule has 1 amide bonds. The molecule has 9 heteroatoms. The smallest absolute Gasteiger partial charge is 0.265 e. The third kappa shape index (κ3) is 5.33. The lowest BCUT2D eigenvalue weighted by atomic mass is 10.0. The molecule has 33 heavy (non-hydrogen) atoms. The van der Waals surface area contributed by atoms with E-state index in [-0.39, 0.29) is 0 Å². The van der Waals surface area contributed by atoms with Crippen molar-refractivity contribution in [1.82, 2.24) is 15.4 Å². The minimum Gasteiger partial charge on any atom is -0.290 e. The predicted molar refractivity (Wildman–Crippen MR) is 128 cm³/mol. The molecule has 0 fully saturated rings. The summed E-state index contributed by atoms with van der Waals surface area (Å²) in [6, 6.07) is 17.7. The van der Waals surface area contributed by atoms with Gasteiger partial charge in [-0.2, -0.15) is 0 Å². The molecule has 0 aliphatic carbocycles. The van der Waals surface area contributed by atoms with Gasteiger partial charge in [-0.25, -0.2) is 19.2 Å². The summed E-state index contributed by atoms with van der Waals surface area (Å²) in [6.45, 7) is 0. The van der Waals surface area contributed by atoms with Gasteiger partial charge < -0.3 is 0 Å². The van der Waals surface area contributed by atoms with Crippen LogP contribution in [0.4, 0.5) is 5.69 Å². The maximum absolute atomic E-state index is 12.2. The highest BCUT2D eigenvalue weighted by molar-refractivity contribution is 7.92. The summed E-state index contributed by atoms with van der Waals surface area (Å²) in [5, 5.41) is 0.615. The molecule has 0 aliphatic rings. The fourth-order valence-corrected chi connectivity index (χ4v) is 3.75. The number of rotatable bonds is 4. The molecule has 0 atom stereocenters. The Hall–Kier alpha value is -4.26. The Balaban J connectivity index is 1.59. The van der Waals surface area contributed by atoms with Crippen molar-refractivity contribution in [2.24, 2.45) is 5.84 Å². The van der Waals surface area contributed by atoms with E-state index in [1.165, 1.54) is 0 Å². The summed E-state index contributed by atoms with van der Waals surface area (Å²) in [5.41, 5.74) is 6.66. The number of aromatic nitrogens is 2. The first-order valence-corrected chi connectivity index (χ1v) is 11.7. The fourth-order valence-electron chi connectivity index (χ4n) is 3.19. The van der Waals surface area contributed by atoms with Crippen LogP contribution in [0.2, 0.25) is 0 Å². The van der Waals surface area contributed by atoms with Gasteiger partial charge in [0, 0.05) is 40.2 Å². The molecule has 4 aromatic rings. The van der Waals surface area contributed by atoms with Crippen molar-refractivity contribution in [3.8, 4) is 23.1 Å². The molecule has 2 aromatic heterocycles. The molecule has 164 valence electrons. The fraction of sp³-hybridized carbons (Fsp3) is 0.0417. The van der Waals surface area contributed by atoms with Gasteiger partial charge in [0.25, 0.3) is 5.91 Å². The molecule has 2 aromatic carbocycles. The Morgan fingerprint density at radius 2 is 1.61 bits per heavy atom. The Bertz CT molecular complexity index is 1500. The van der Waals surface area contributed by atoms with Crippen LogP contribution >= 0.6 is 0 Å². The molecule has 4 N–H and O–H groups in total. The van der Waals surface area contributed by atoms with Gasteiger partial charge >= 0.3 is 0 Å². The molecule has 8 nitrogen and oxygen atoms in total. The summed E-state index contributed by atoms with van der Waals surface area (Å²) in [4.78, 5) is 20.9. The van der Waals surface area contributed by atoms with Crippen LogP contribution in [0, 0.1) is 11.8 Å². The topological polar surface area (TPSA) is 127 Å². The van der Waals surface area contributed by atoms with E-state index in [1.807, 2.05) is 24.3 Å². The molecule has 0 unspecified atom stereocenters. The Morgan fingerprint density at radius 3 is 2.21 bits per heavy atom. The molecule has 0 aliphatic heterocycles. The zero-order chi connectivity index (χ0) is 23.4. The average Bonchev–Trinajstić information content (AvgIpc) is 2.82. The highest BCUT2D eigenvalue weighted by atomic mass is 32.2. The van der Waals surface area contributed by atoms with E-state index in [2.05, 4.69) is 32.0 Å². The molecule has 0 radical (unpaired) electrons. The lowest BCUT2D eigenvalue weighted by molar-refractivity contribution is 0.0955. The summed E-state index contributed by atoms with van der Waals surface area (Å²) in [5.74, 6) is 11.0. The van der Waals surface area contributed by atoms with E-state index in [9.17, 15) is 13.2 Å². The Morgan fingerprint density at radius 1 is 0.970 bits per heavy atom. The summed E-state index contributed by atoms with van der Waals surface area (Å²) in [6.07, 6.45) is 4.30. The van der Waals surface area contributed by atoms with E-state index in [0.717, 1.165) is 22.9 Å². The van der Waals surface area contributed by atoms with Crippen molar-refractivity contribution in [1.29, 1.82) is 0 Å². The van der Waals surface area contributed by atoms with Crippen molar-refractivity contribution in [3.63, 3.8) is 0 Å². The number of anilines is 1. The number of sulfonamides is 1. The normalized spacial score (nSPS) is 10.8. The molecule has 0 spiro atoms. The quantitative estimate of drug-likeness (QED) is 0.187. The van der Waals surface area contributed by atoms with Crippen molar-refractivity contribution in [3.05, 3.63) is 89.7 Å². The van der Waals surface area contributed by atoms with Crippen LogP contribution in [0.3, 0.4) is 0 Å². The van der Waals surface area contributed by atoms with E-state index >= 15 is 0 Å². The van der Waals surface area contributed by atoms with E-state index in [1.54, 1.807) is 48.8 Å². The molecular formula is C24H19N5O3S. The number of nitrogens with two attached hydrogens (primary N) is 1. The van der Waals surface area contributed by atoms with Crippen LogP contribution in [0.5, 0.6) is 0 Å². The van der Waals surface area contributed by atoms with Crippen molar-refractivity contribution < 1.29 is 13.2 Å².